The van der Waals surface area contributed by atoms with Crippen molar-refractivity contribution in [1.29, 1.82) is 0 Å². The summed E-state index contributed by atoms with van der Waals surface area (Å²) < 4.78 is 10.5. The smallest absolute Gasteiger partial charge is 0.161 e. The van der Waals surface area contributed by atoms with E-state index in [1.54, 1.807) is 14.2 Å². The van der Waals surface area contributed by atoms with Crippen molar-refractivity contribution in [1.82, 2.24) is 10.2 Å². The number of hydrogen-bond acceptors (Lipinski definition) is 4. The summed E-state index contributed by atoms with van der Waals surface area (Å²) in [5.74, 6) is 1.54. The zero-order valence-corrected chi connectivity index (χ0v) is 10.4. The summed E-state index contributed by atoms with van der Waals surface area (Å²) in [6, 6.07) is 5.99. The van der Waals surface area contributed by atoms with E-state index in [1.165, 1.54) is 5.56 Å². The molecule has 0 amide bonds. The highest BCUT2D eigenvalue weighted by molar-refractivity contribution is 5.42. The fourth-order valence-corrected chi connectivity index (χ4v) is 1.62. The summed E-state index contributed by atoms with van der Waals surface area (Å²) in [6.07, 6.45) is 0. The van der Waals surface area contributed by atoms with Crippen LogP contribution >= 0.6 is 0 Å². The van der Waals surface area contributed by atoms with Gasteiger partial charge in [-0.2, -0.15) is 0 Å². The first-order valence-corrected chi connectivity index (χ1v) is 5.25. The first kappa shape index (κ1) is 12.8. The molecule has 4 nitrogen and oxygen atoms in total. The first-order chi connectivity index (χ1) is 7.71. The Hall–Kier alpha value is -1.26. The zero-order valence-electron chi connectivity index (χ0n) is 10.4. The van der Waals surface area contributed by atoms with E-state index < -0.39 is 0 Å². The van der Waals surface area contributed by atoms with Crippen LogP contribution in [0.5, 0.6) is 11.5 Å². The van der Waals surface area contributed by atoms with Gasteiger partial charge < -0.3 is 14.8 Å². The van der Waals surface area contributed by atoms with Gasteiger partial charge in [-0.1, -0.05) is 6.07 Å². The average molecular weight is 224 g/mol. The molecule has 4 heteroatoms. The lowest BCUT2D eigenvalue weighted by Gasteiger charge is -2.17. The van der Waals surface area contributed by atoms with Crippen LogP contribution in [0, 0.1) is 0 Å². The zero-order chi connectivity index (χ0) is 12.0. The van der Waals surface area contributed by atoms with Crippen molar-refractivity contribution in [2.75, 3.05) is 35.0 Å². The molecule has 0 bridgehead atoms. The lowest BCUT2D eigenvalue weighted by Crippen LogP contribution is -2.27. The molecule has 0 saturated carbocycles. The van der Waals surface area contributed by atoms with Crippen LogP contribution in [0.1, 0.15) is 5.56 Å². The van der Waals surface area contributed by atoms with Gasteiger partial charge in [-0.3, -0.25) is 4.90 Å². The fourth-order valence-electron chi connectivity index (χ4n) is 1.62. The number of nitrogens with one attached hydrogen (secondary N) is 1. The molecule has 0 radical (unpaired) electrons. The van der Waals surface area contributed by atoms with E-state index in [0.29, 0.717) is 0 Å². The Bertz CT molecular complexity index is 329. The average Bonchev–Trinajstić information content (AvgIpc) is 2.29. The standard InChI is InChI=1S/C12H20N2O2/c1-13-9-14(2)8-10-5-6-11(15-3)12(7-10)16-4/h5-7,13H,8-9H2,1-4H3. The normalized spacial score (nSPS) is 10.6. The van der Waals surface area contributed by atoms with Gasteiger partial charge in [0.1, 0.15) is 0 Å². The summed E-state index contributed by atoms with van der Waals surface area (Å²) in [4.78, 5) is 2.18. The summed E-state index contributed by atoms with van der Waals surface area (Å²) >= 11 is 0. The molecule has 0 aromatic heterocycles. The summed E-state index contributed by atoms with van der Waals surface area (Å²) in [5.41, 5.74) is 1.20. The van der Waals surface area contributed by atoms with E-state index >= 15 is 0 Å². The molecular formula is C12H20N2O2. The Morgan fingerprint density at radius 2 is 1.88 bits per heavy atom. The van der Waals surface area contributed by atoms with Crippen LogP contribution < -0.4 is 14.8 Å². The largest absolute Gasteiger partial charge is 0.493 e. The maximum absolute atomic E-state index is 5.26. The van der Waals surface area contributed by atoms with Gasteiger partial charge in [0, 0.05) is 13.2 Å². The molecule has 0 spiro atoms. The van der Waals surface area contributed by atoms with Crippen molar-refractivity contribution >= 4 is 0 Å². The lowest BCUT2D eigenvalue weighted by molar-refractivity contribution is 0.308. The lowest BCUT2D eigenvalue weighted by atomic mass is 10.2. The molecule has 0 fully saturated rings. The number of methoxy groups -OCH3 is 2. The predicted octanol–water partition coefficient (Wildman–Crippen LogP) is 1.31. The monoisotopic (exact) mass is 224 g/mol. The number of nitrogens with zero attached hydrogens (tertiary/aromatic N) is 1. The molecule has 1 rings (SSSR count). The van der Waals surface area contributed by atoms with Crippen molar-refractivity contribution in [2.45, 2.75) is 6.54 Å². The van der Waals surface area contributed by atoms with Gasteiger partial charge >= 0.3 is 0 Å². The number of benzene rings is 1. The Balaban J connectivity index is 2.74. The second-order valence-electron chi connectivity index (χ2n) is 3.72. The van der Waals surface area contributed by atoms with Crippen molar-refractivity contribution in [2.24, 2.45) is 0 Å². The van der Waals surface area contributed by atoms with Gasteiger partial charge in [0.05, 0.1) is 14.2 Å². The molecule has 0 heterocycles. The van der Waals surface area contributed by atoms with E-state index in [4.69, 9.17) is 9.47 Å². The topological polar surface area (TPSA) is 33.7 Å². The molecule has 1 N–H and O–H groups in total. The quantitative estimate of drug-likeness (QED) is 0.739. The van der Waals surface area contributed by atoms with E-state index in [9.17, 15) is 0 Å². The van der Waals surface area contributed by atoms with Crippen LogP contribution in [-0.4, -0.2) is 39.9 Å². The Morgan fingerprint density at radius 1 is 1.19 bits per heavy atom. The Kier molecular flexibility index (Phi) is 5.08. The van der Waals surface area contributed by atoms with Gasteiger partial charge in [-0.25, -0.2) is 0 Å². The summed E-state index contributed by atoms with van der Waals surface area (Å²) in [7, 11) is 7.29. The molecule has 0 aliphatic carbocycles. The maximum Gasteiger partial charge on any atom is 0.161 e. The van der Waals surface area contributed by atoms with E-state index in [-0.39, 0.29) is 0 Å². The molecular weight excluding hydrogens is 204 g/mol. The van der Waals surface area contributed by atoms with Crippen LogP contribution in [0.3, 0.4) is 0 Å². The predicted molar refractivity (Wildman–Crippen MR) is 64.9 cm³/mol. The van der Waals surface area contributed by atoms with Gasteiger partial charge in [0.2, 0.25) is 0 Å². The molecule has 1 aromatic rings. The minimum absolute atomic E-state index is 0.766. The second-order valence-corrected chi connectivity index (χ2v) is 3.72. The summed E-state index contributed by atoms with van der Waals surface area (Å²) in [6.45, 7) is 1.73. The summed E-state index contributed by atoms with van der Waals surface area (Å²) in [5, 5.41) is 3.11. The molecule has 0 saturated heterocycles. The third-order valence-corrected chi connectivity index (χ3v) is 2.33. The highest BCUT2D eigenvalue weighted by Crippen LogP contribution is 2.27. The first-order valence-electron chi connectivity index (χ1n) is 5.25. The van der Waals surface area contributed by atoms with Crippen molar-refractivity contribution < 1.29 is 9.47 Å². The highest BCUT2D eigenvalue weighted by atomic mass is 16.5. The number of rotatable bonds is 6. The molecule has 0 aliphatic rings. The number of hydrogen-bond donors (Lipinski definition) is 1. The minimum Gasteiger partial charge on any atom is -0.493 e. The molecule has 0 atom stereocenters. The van der Waals surface area contributed by atoms with Gasteiger partial charge in [-0.15, -0.1) is 0 Å². The van der Waals surface area contributed by atoms with Crippen LogP contribution in [0.2, 0.25) is 0 Å². The third kappa shape index (κ3) is 3.40. The van der Waals surface area contributed by atoms with Crippen LogP contribution in [0.25, 0.3) is 0 Å². The molecule has 90 valence electrons. The minimum atomic E-state index is 0.766. The Labute approximate surface area is 97.2 Å². The molecule has 1 aromatic carbocycles. The van der Waals surface area contributed by atoms with E-state index in [1.807, 2.05) is 25.2 Å². The molecule has 0 unspecified atom stereocenters. The van der Waals surface area contributed by atoms with Crippen molar-refractivity contribution in [3.05, 3.63) is 23.8 Å². The van der Waals surface area contributed by atoms with Crippen molar-refractivity contribution in [3.8, 4) is 11.5 Å². The van der Waals surface area contributed by atoms with E-state index in [2.05, 4.69) is 17.3 Å². The number of ether oxygens (including phenoxy) is 2. The van der Waals surface area contributed by atoms with Crippen LogP contribution in [-0.2, 0) is 6.54 Å². The maximum atomic E-state index is 5.26. The van der Waals surface area contributed by atoms with Crippen molar-refractivity contribution in [3.63, 3.8) is 0 Å². The molecule has 0 aliphatic heterocycles. The highest BCUT2D eigenvalue weighted by Gasteiger charge is 2.05. The van der Waals surface area contributed by atoms with Gasteiger partial charge in [-0.05, 0) is 31.8 Å². The van der Waals surface area contributed by atoms with Crippen LogP contribution in [0.15, 0.2) is 18.2 Å². The third-order valence-electron chi connectivity index (χ3n) is 2.33. The van der Waals surface area contributed by atoms with Gasteiger partial charge in [0.15, 0.2) is 11.5 Å². The second kappa shape index (κ2) is 6.35. The fraction of sp³-hybridized carbons (Fsp3) is 0.500. The Morgan fingerprint density at radius 3 is 2.44 bits per heavy atom. The van der Waals surface area contributed by atoms with Gasteiger partial charge in [0.25, 0.3) is 0 Å². The van der Waals surface area contributed by atoms with E-state index in [0.717, 1.165) is 24.7 Å². The SMILES string of the molecule is CNCN(C)Cc1ccc(OC)c(OC)c1. The molecule has 16 heavy (non-hydrogen) atoms. The van der Waals surface area contributed by atoms with Crippen LogP contribution in [0.4, 0.5) is 0 Å².